The predicted octanol–water partition coefficient (Wildman–Crippen LogP) is 0.738. The number of rotatable bonds is 1. The normalized spacial score (nSPS) is 30.6. The molecule has 0 spiro atoms. The first kappa shape index (κ1) is 5.19. The van der Waals surface area contributed by atoms with Crippen molar-refractivity contribution in [3.63, 3.8) is 0 Å². The second-order valence-electron chi connectivity index (χ2n) is 1.84. The van der Waals surface area contributed by atoms with Crippen molar-refractivity contribution in [2.24, 2.45) is 0 Å². The zero-order chi connectivity index (χ0) is 5.11. The first-order chi connectivity index (χ1) is 3.43. The summed E-state index contributed by atoms with van der Waals surface area (Å²) in [5.74, 6) is 0. The molecule has 1 nitrogen and oxygen atoms in total. The van der Waals surface area contributed by atoms with Gasteiger partial charge in [-0.05, 0) is 24.8 Å². The summed E-state index contributed by atoms with van der Waals surface area (Å²) in [4.78, 5) is 0. The fourth-order valence-electron chi connectivity index (χ4n) is 0.828. The van der Waals surface area contributed by atoms with E-state index in [-0.39, 0.29) is 0 Å². The topological polar surface area (TPSA) is 12.0 Å². The molecule has 7 heavy (non-hydrogen) atoms. The molecule has 1 atom stereocenters. The molecule has 1 aliphatic rings. The molecule has 1 rings (SSSR count). The van der Waals surface area contributed by atoms with Crippen molar-refractivity contribution in [2.45, 2.75) is 18.9 Å². The Hall–Kier alpha value is 0.0500. The zero-order valence-corrected chi connectivity index (χ0v) is 5.00. The molecule has 40 valence electrons. The van der Waals surface area contributed by atoms with Crippen LogP contribution in [-0.4, -0.2) is 18.0 Å². The van der Waals surface area contributed by atoms with Crippen LogP contribution in [-0.2, 0) is 0 Å². The smallest absolute Gasteiger partial charge is 0.0354 e. The third-order valence-electron chi connectivity index (χ3n) is 1.26. The van der Waals surface area contributed by atoms with E-state index in [1.807, 2.05) is 5.37 Å². The summed E-state index contributed by atoms with van der Waals surface area (Å²) in [7, 11) is 0. The Morgan fingerprint density at radius 2 is 2.57 bits per heavy atom. The summed E-state index contributed by atoms with van der Waals surface area (Å²) in [6.45, 7) is 1.15. The first-order valence-electron chi connectivity index (χ1n) is 2.62. The Morgan fingerprint density at radius 1 is 1.71 bits per heavy atom. The second-order valence-corrected chi connectivity index (χ2v) is 2.11. The summed E-state index contributed by atoms with van der Waals surface area (Å²) >= 11 is 4.72. The van der Waals surface area contributed by atoms with Crippen LogP contribution >= 0.6 is 12.2 Å². The molecular weight excluding hydrogens is 106 g/mol. The molecule has 1 unspecified atom stereocenters. The lowest BCUT2D eigenvalue weighted by Gasteiger charge is -1.96. The molecule has 0 bridgehead atoms. The summed E-state index contributed by atoms with van der Waals surface area (Å²) in [5, 5.41) is 5.06. The van der Waals surface area contributed by atoms with Gasteiger partial charge in [-0.2, -0.15) is 0 Å². The molecule has 0 saturated carbocycles. The van der Waals surface area contributed by atoms with Gasteiger partial charge >= 0.3 is 0 Å². The van der Waals surface area contributed by atoms with Crippen LogP contribution < -0.4 is 5.32 Å². The molecule has 2 heteroatoms. The van der Waals surface area contributed by atoms with Gasteiger partial charge in [-0.3, -0.25) is 0 Å². The van der Waals surface area contributed by atoms with E-state index in [0.29, 0.717) is 6.04 Å². The van der Waals surface area contributed by atoms with Gasteiger partial charge in [-0.25, -0.2) is 0 Å². The summed E-state index contributed by atoms with van der Waals surface area (Å²) < 4.78 is 0. The van der Waals surface area contributed by atoms with E-state index >= 15 is 0 Å². The summed E-state index contributed by atoms with van der Waals surface area (Å²) in [5.41, 5.74) is 0. The highest BCUT2D eigenvalue weighted by Crippen LogP contribution is 2.01. The SMILES string of the molecule is S=CC1CCCN1. The quantitative estimate of drug-likeness (QED) is 0.506. The number of thiocarbonyl (C=S) groups is 1. The van der Waals surface area contributed by atoms with Crippen molar-refractivity contribution in [1.29, 1.82) is 0 Å². The van der Waals surface area contributed by atoms with E-state index in [2.05, 4.69) is 5.32 Å². The molecule has 1 saturated heterocycles. The van der Waals surface area contributed by atoms with Crippen LogP contribution in [0.2, 0.25) is 0 Å². The van der Waals surface area contributed by atoms with E-state index < -0.39 is 0 Å². The monoisotopic (exact) mass is 115 g/mol. The molecule has 1 heterocycles. The lowest BCUT2D eigenvalue weighted by molar-refractivity contribution is 0.781. The highest BCUT2D eigenvalue weighted by atomic mass is 32.1. The van der Waals surface area contributed by atoms with Gasteiger partial charge in [0.1, 0.15) is 0 Å². The van der Waals surface area contributed by atoms with Gasteiger partial charge in [-0.15, -0.1) is 0 Å². The van der Waals surface area contributed by atoms with Gasteiger partial charge in [-0.1, -0.05) is 12.2 Å². The van der Waals surface area contributed by atoms with Crippen molar-refractivity contribution in [3.05, 3.63) is 0 Å². The first-order valence-corrected chi connectivity index (χ1v) is 3.09. The zero-order valence-electron chi connectivity index (χ0n) is 4.18. The number of hydrogen-bond donors (Lipinski definition) is 1. The van der Waals surface area contributed by atoms with Gasteiger partial charge in [0.15, 0.2) is 0 Å². The van der Waals surface area contributed by atoms with Crippen LogP contribution in [0.5, 0.6) is 0 Å². The molecule has 1 N–H and O–H groups in total. The molecule has 0 amide bonds. The molecule has 0 aromatic rings. The number of hydrogen-bond acceptors (Lipinski definition) is 2. The van der Waals surface area contributed by atoms with Crippen molar-refractivity contribution < 1.29 is 0 Å². The third-order valence-corrected chi connectivity index (χ3v) is 1.59. The van der Waals surface area contributed by atoms with Gasteiger partial charge in [0, 0.05) is 6.04 Å². The molecular formula is C5H9NS. The van der Waals surface area contributed by atoms with E-state index in [1.54, 1.807) is 0 Å². The van der Waals surface area contributed by atoms with E-state index in [4.69, 9.17) is 12.2 Å². The minimum absolute atomic E-state index is 0.537. The Balaban J connectivity index is 2.26. The van der Waals surface area contributed by atoms with Crippen LogP contribution in [0, 0.1) is 0 Å². The predicted molar refractivity (Wildman–Crippen MR) is 34.7 cm³/mol. The lowest BCUT2D eigenvalue weighted by atomic mass is 10.3. The minimum Gasteiger partial charge on any atom is -0.310 e. The lowest BCUT2D eigenvalue weighted by Crippen LogP contribution is -2.21. The Bertz CT molecular complexity index is 66.5. The molecule has 0 radical (unpaired) electrons. The maximum atomic E-state index is 4.72. The van der Waals surface area contributed by atoms with E-state index in [1.165, 1.54) is 12.8 Å². The standard InChI is InChI=1S/C5H9NS/c7-4-5-2-1-3-6-5/h4-6H,1-3H2. The second kappa shape index (κ2) is 2.38. The average molecular weight is 115 g/mol. The summed E-state index contributed by atoms with van der Waals surface area (Å²) in [6, 6.07) is 0.537. The maximum absolute atomic E-state index is 4.72. The minimum atomic E-state index is 0.537. The van der Waals surface area contributed by atoms with Crippen LogP contribution in [0.4, 0.5) is 0 Å². The van der Waals surface area contributed by atoms with Crippen molar-refractivity contribution in [3.8, 4) is 0 Å². The third kappa shape index (κ3) is 1.21. The maximum Gasteiger partial charge on any atom is 0.0354 e. The van der Waals surface area contributed by atoms with Crippen molar-refractivity contribution in [1.82, 2.24) is 5.32 Å². The van der Waals surface area contributed by atoms with Crippen LogP contribution in [0.15, 0.2) is 0 Å². The highest BCUT2D eigenvalue weighted by molar-refractivity contribution is 7.79. The van der Waals surface area contributed by atoms with Gasteiger partial charge in [0.2, 0.25) is 0 Å². The molecule has 1 aliphatic heterocycles. The van der Waals surface area contributed by atoms with Crippen molar-refractivity contribution >= 4 is 17.6 Å². The summed E-state index contributed by atoms with van der Waals surface area (Å²) in [6.07, 6.45) is 2.53. The fourth-order valence-corrected chi connectivity index (χ4v) is 1.06. The number of nitrogens with one attached hydrogen (secondary N) is 1. The van der Waals surface area contributed by atoms with E-state index in [9.17, 15) is 0 Å². The average Bonchev–Trinajstić information content (AvgIpc) is 2.14. The highest BCUT2D eigenvalue weighted by Gasteiger charge is 2.08. The van der Waals surface area contributed by atoms with Crippen LogP contribution in [0.1, 0.15) is 12.8 Å². The van der Waals surface area contributed by atoms with E-state index in [0.717, 1.165) is 6.54 Å². The molecule has 0 aromatic carbocycles. The Labute approximate surface area is 49.1 Å². The Kier molecular flexibility index (Phi) is 1.77. The fraction of sp³-hybridized carbons (Fsp3) is 0.800. The molecule has 0 aliphatic carbocycles. The molecule has 0 aromatic heterocycles. The molecule has 1 fully saturated rings. The van der Waals surface area contributed by atoms with Crippen LogP contribution in [0.25, 0.3) is 0 Å². The largest absolute Gasteiger partial charge is 0.310 e. The van der Waals surface area contributed by atoms with Gasteiger partial charge in [0.25, 0.3) is 0 Å². The Morgan fingerprint density at radius 3 is 2.86 bits per heavy atom. The van der Waals surface area contributed by atoms with Gasteiger partial charge in [0.05, 0.1) is 0 Å². The van der Waals surface area contributed by atoms with Crippen molar-refractivity contribution in [2.75, 3.05) is 6.54 Å². The van der Waals surface area contributed by atoms with Gasteiger partial charge < -0.3 is 5.32 Å². The van der Waals surface area contributed by atoms with Crippen LogP contribution in [0.3, 0.4) is 0 Å².